The zero-order valence-electron chi connectivity index (χ0n) is 14.6. The standard InChI is InChI=1S/C19H22O5/c1-11(2)23-18(20)15-10-22-17(14-8-6-7-13(5)9-14)16(15)19(21)24-12(3)4/h6-12H,1-5H3. The van der Waals surface area contributed by atoms with E-state index in [-0.39, 0.29) is 23.3 Å². The minimum absolute atomic E-state index is 0.0749. The molecule has 0 saturated carbocycles. The van der Waals surface area contributed by atoms with Crippen LogP contribution in [0.15, 0.2) is 34.9 Å². The summed E-state index contributed by atoms with van der Waals surface area (Å²) in [6, 6.07) is 7.49. The average molecular weight is 330 g/mol. The Hall–Kier alpha value is -2.56. The second-order valence-corrected chi connectivity index (χ2v) is 6.13. The third kappa shape index (κ3) is 4.04. The van der Waals surface area contributed by atoms with Gasteiger partial charge in [-0.1, -0.05) is 23.8 Å². The minimum atomic E-state index is -0.608. The van der Waals surface area contributed by atoms with Crippen molar-refractivity contribution in [3.63, 3.8) is 0 Å². The van der Waals surface area contributed by atoms with E-state index in [0.29, 0.717) is 11.3 Å². The smallest absolute Gasteiger partial charge is 0.343 e. The molecule has 0 fully saturated rings. The highest BCUT2D eigenvalue weighted by Crippen LogP contribution is 2.30. The summed E-state index contributed by atoms with van der Waals surface area (Å²) < 4.78 is 16.0. The van der Waals surface area contributed by atoms with Gasteiger partial charge in [0.15, 0.2) is 0 Å². The molecule has 1 aromatic carbocycles. The van der Waals surface area contributed by atoms with Crippen molar-refractivity contribution in [1.82, 2.24) is 0 Å². The van der Waals surface area contributed by atoms with Gasteiger partial charge < -0.3 is 13.9 Å². The number of esters is 2. The molecule has 5 nitrogen and oxygen atoms in total. The first-order valence-corrected chi connectivity index (χ1v) is 7.90. The van der Waals surface area contributed by atoms with E-state index in [2.05, 4.69) is 0 Å². The SMILES string of the molecule is Cc1cccc(-c2occ(C(=O)OC(C)C)c2C(=O)OC(C)C)c1. The summed E-state index contributed by atoms with van der Waals surface area (Å²) in [5.41, 5.74) is 1.89. The molecule has 2 rings (SSSR count). The number of benzene rings is 1. The summed E-state index contributed by atoms with van der Waals surface area (Å²) in [7, 11) is 0. The molecule has 0 atom stereocenters. The van der Waals surface area contributed by atoms with Crippen molar-refractivity contribution in [3.8, 4) is 11.3 Å². The maximum absolute atomic E-state index is 12.5. The van der Waals surface area contributed by atoms with Crippen LogP contribution in [-0.2, 0) is 9.47 Å². The number of hydrogen-bond acceptors (Lipinski definition) is 5. The summed E-state index contributed by atoms with van der Waals surface area (Å²) >= 11 is 0. The third-order valence-electron chi connectivity index (χ3n) is 3.18. The molecule has 0 aliphatic carbocycles. The molecule has 0 amide bonds. The Labute approximate surface area is 141 Å². The van der Waals surface area contributed by atoms with Gasteiger partial charge in [0, 0.05) is 5.56 Å². The quantitative estimate of drug-likeness (QED) is 0.761. The van der Waals surface area contributed by atoms with Gasteiger partial charge in [-0.3, -0.25) is 0 Å². The maximum Gasteiger partial charge on any atom is 0.343 e. The summed E-state index contributed by atoms with van der Waals surface area (Å²) in [5.74, 6) is -0.908. The van der Waals surface area contributed by atoms with E-state index >= 15 is 0 Å². The van der Waals surface area contributed by atoms with Crippen LogP contribution in [0.1, 0.15) is 54.0 Å². The summed E-state index contributed by atoms with van der Waals surface area (Å²) in [4.78, 5) is 24.8. The van der Waals surface area contributed by atoms with Gasteiger partial charge in [0.05, 0.1) is 12.2 Å². The van der Waals surface area contributed by atoms with Gasteiger partial charge in [-0.05, 0) is 40.7 Å². The number of hydrogen-bond donors (Lipinski definition) is 0. The van der Waals surface area contributed by atoms with E-state index in [0.717, 1.165) is 5.56 Å². The minimum Gasteiger partial charge on any atom is -0.462 e. The van der Waals surface area contributed by atoms with Gasteiger partial charge >= 0.3 is 11.9 Å². The van der Waals surface area contributed by atoms with Crippen LogP contribution in [0.5, 0.6) is 0 Å². The molecule has 128 valence electrons. The number of rotatable bonds is 5. The lowest BCUT2D eigenvalue weighted by molar-refractivity contribution is 0.0330. The molecule has 0 radical (unpaired) electrons. The number of carbonyl (C=O) groups is 2. The van der Waals surface area contributed by atoms with Crippen LogP contribution < -0.4 is 0 Å². The first-order chi connectivity index (χ1) is 11.3. The first-order valence-electron chi connectivity index (χ1n) is 7.90. The molecule has 0 aliphatic rings. The van der Waals surface area contributed by atoms with Crippen LogP contribution in [0.25, 0.3) is 11.3 Å². The lowest BCUT2D eigenvalue weighted by Crippen LogP contribution is -2.18. The van der Waals surface area contributed by atoms with Crippen molar-refractivity contribution >= 4 is 11.9 Å². The molecule has 0 saturated heterocycles. The highest BCUT2D eigenvalue weighted by Gasteiger charge is 2.29. The Morgan fingerprint density at radius 3 is 2.21 bits per heavy atom. The Kier molecular flexibility index (Phi) is 5.44. The monoisotopic (exact) mass is 330 g/mol. The Morgan fingerprint density at radius 1 is 1.00 bits per heavy atom. The van der Waals surface area contributed by atoms with Crippen molar-refractivity contribution in [2.45, 2.75) is 46.8 Å². The van der Waals surface area contributed by atoms with Gasteiger partial charge in [0.25, 0.3) is 0 Å². The van der Waals surface area contributed by atoms with Crippen molar-refractivity contribution < 1.29 is 23.5 Å². The molecule has 2 aromatic rings. The molecule has 0 spiro atoms. The van der Waals surface area contributed by atoms with Crippen LogP contribution in [-0.4, -0.2) is 24.1 Å². The lowest BCUT2D eigenvalue weighted by atomic mass is 10.0. The second-order valence-electron chi connectivity index (χ2n) is 6.13. The number of ether oxygens (including phenoxy) is 2. The van der Waals surface area contributed by atoms with Gasteiger partial charge in [-0.15, -0.1) is 0 Å². The molecule has 24 heavy (non-hydrogen) atoms. The Morgan fingerprint density at radius 2 is 1.62 bits per heavy atom. The van der Waals surface area contributed by atoms with Gasteiger partial charge in [-0.25, -0.2) is 9.59 Å². The largest absolute Gasteiger partial charge is 0.462 e. The molecular formula is C19H22O5. The number of carbonyl (C=O) groups excluding carboxylic acids is 2. The van der Waals surface area contributed by atoms with E-state index in [4.69, 9.17) is 13.9 Å². The molecule has 1 aromatic heterocycles. The van der Waals surface area contributed by atoms with Gasteiger partial charge in [0.2, 0.25) is 0 Å². The topological polar surface area (TPSA) is 65.7 Å². The Bertz CT molecular complexity index is 740. The van der Waals surface area contributed by atoms with Crippen LogP contribution in [0.4, 0.5) is 0 Å². The summed E-state index contributed by atoms with van der Waals surface area (Å²) in [6.45, 7) is 8.91. The predicted molar refractivity (Wildman–Crippen MR) is 90.0 cm³/mol. The van der Waals surface area contributed by atoms with Crippen molar-refractivity contribution in [2.24, 2.45) is 0 Å². The molecule has 0 unspecified atom stereocenters. The van der Waals surface area contributed by atoms with Crippen molar-refractivity contribution in [3.05, 3.63) is 47.2 Å². The van der Waals surface area contributed by atoms with Crippen LogP contribution in [0, 0.1) is 6.92 Å². The second kappa shape index (κ2) is 7.34. The van der Waals surface area contributed by atoms with Gasteiger partial charge in [-0.2, -0.15) is 0 Å². The van der Waals surface area contributed by atoms with E-state index in [9.17, 15) is 9.59 Å². The normalized spacial score (nSPS) is 11.0. The predicted octanol–water partition coefficient (Wildman–Crippen LogP) is 4.39. The lowest BCUT2D eigenvalue weighted by Gasteiger charge is -2.11. The zero-order chi connectivity index (χ0) is 17.9. The van der Waals surface area contributed by atoms with Crippen molar-refractivity contribution in [2.75, 3.05) is 0 Å². The van der Waals surface area contributed by atoms with Gasteiger partial charge in [0.1, 0.15) is 23.2 Å². The van der Waals surface area contributed by atoms with E-state index < -0.39 is 11.9 Å². The van der Waals surface area contributed by atoms with E-state index in [1.165, 1.54) is 6.26 Å². The molecule has 0 N–H and O–H groups in total. The van der Waals surface area contributed by atoms with E-state index in [1.807, 2.05) is 31.2 Å². The number of furan rings is 1. The maximum atomic E-state index is 12.5. The number of aryl methyl sites for hydroxylation is 1. The fourth-order valence-electron chi connectivity index (χ4n) is 2.26. The summed E-state index contributed by atoms with van der Waals surface area (Å²) in [6.07, 6.45) is 0.634. The fraction of sp³-hybridized carbons (Fsp3) is 0.368. The van der Waals surface area contributed by atoms with E-state index in [1.54, 1.807) is 27.7 Å². The third-order valence-corrected chi connectivity index (χ3v) is 3.18. The molecule has 5 heteroatoms. The highest BCUT2D eigenvalue weighted by molar-refractivity contribution is 6.07. The summed E-state index contributed by atoms with van der Waals surface area (Å²) in [5, 5.41) is 0. The fourth-order valence-corrected chi connectivity index (χ4v) is 2.26. The highest BCUT2D eigenvalue weighted by atomic mass is 16.6. The molecule has 1 heterocycles. The zero-order valence-corrected chi connectivity index (χ0v) is 14.6. The van der Waals surface area contributed by atoms with Crippen LogP contribution >= 0.6 is 0 Å². The van der Waals surface area contributed by atoms with Crippen LogP contribution in [0.2, 0.25) is 0 Å². The molecular weight excluding hydrogens is 308 g/mol. The van der Waals surface area contributed by atoms with Crippen LogP contribution in [0.3, 0.4) is 0 Å². The Balaban J connectivity index is 2.53. The first kappa shape index (κ1) is 17.8. The average Bonchev–Trinajstić information content (AvgIpc) is 2.90. The van der Waals surface area contributed by atoms with Crippen molar-refractivity contribution in [1.29, 1.82) is 0 Å². The molecule has 0 aliphatic heterocycles. The molecule has 0 bridgehead atoms.